The second-order valence-corrected chi connectivity index (χ2v) is 8.69. The van der Waals surface area contributed by atoms with Gasteiger partial charge < -0.3 is 9.64 Å². The quantitative estimate of drug-likeness (QED) is 0.583. The molecule has 0 aromatic heterocycles. The second-order valence-electron chi connectivity index (χ2n) is 8.69. The van der Waals surface area contributed by atoms with Crippen LogP contribution < -0.4 is 9.64 Å². The predicted octanol–water partition coefficient (Wildman–Crippen LogP) is 4.76. The number of hydrogen-bond acceptors (Lipinski definition) is 4. The molecule has 0 spiro atoms. The number of nitrogens with zero attached hydrogens (tertiary/aromatic N) is 3. The monoisotopic (exact) mass is 423 g/mol. The van der Waals surface area contributed by atoms with E-state index in [4.69, 9.17) is 4.74 Å². The molecule has 3 rings (SSSR count). The summed E-state index contributed by atoms with van der Waals surface area (Å²) in [5, 5.41) is 4.67. The first-order chi connectivity index (χ1) is 14.9. The van der Waals surface area contributed by atoms with E-state index in [1.165, 1.54) is 0 Å². The molecule has 2 aromatic rings. The number of hydrogen-bond donors (Lipinski definition) is 0. The highest BCUT2D eigenvalue weighted by molar-refractivity contribution is 5.94. The minimum absolute atomic E-state index is 0.0604. The lowest BCUT2D eigenvalue weighted by molar-refractivity contribution is -0.117. The fourth-order valence-electron chi connectivity index (χ4n) is 4.48. The smallest absolute Gasteiger partial charge is 0.224 e. The lowest BCUT2D eigenvalue weighted by atomic mass is 10.0. The van der Waals surface area contributed by atoms with Gasteiger partial charge in [-0.15, -0.1) is 0 Å². The van der Waals surface area contributed by atoms with Crippen LogP contribution in [0, 0.1) is 5.92 Å². The minimum Gasteiger partial charge on any atom is -0.486 e. The summed E-state index contributed by atoms with van der Waals surface area (Å²) in [5.74, 6) is 1.40. The highest BCUT2D eigenvalue weighted by Gasteiger charge is 2.35. The Balaban J connectivity index is 1.97. The van der Waals surface area contributed by atoms with Crippen LogP contribution >= 0.6 is 0 Å². The van der Waals surface area contributed by atoms with Crippen molar-refractivity contribution in [2.45, 2.75) is 53.7 Å². The first-order valence-electron chi connectivity index (χ1n) is 11.5. The summed E-state index contributed by atoms with van der Waals surface area (Å²) in [6.45, 7) is 14.5. The Labute approximate surface area is 187 Å². The van der Waals surface area contributed by atoms with Gasteiger partial charge in [0, 0.05) is 33.1 Å². The molecular formula is C26H37N3O2. The number of likely N-dealkylation sites (N-methyl/N-ethyl adjacent to an activating group) is 2. The van der Waals surface area contributed by atoms with Crippen molar-refractivity contribution in [2.75, 3.05) is 31.1 Å². The first kappa shape index (κ1) is 23.3. The molecular weight excluding hydrogens is 386 g/mol. The van der Waals surface area contributed by atoms with Gasteiger partial charge in [-0.2, -0.15) is 0 Å². The van der Waals surface area contributed by atoms with Crippen molar-refractivity contribution in [1.29, 1.82) is 0 Å². The zero-order chi connectivity index (χ0) is 22.4. The Hall–Kier alpha value is -2.37. The van der Waals surface area contributed by atoms with E-state index in [-0.39, 0.29) is 11.9 Å². The average molecular weight is 424 g/mol. The molecule has 1 saturated heterocycles. The van der Waals surface area contributed by atoms with Crippen molar-refractivity contribution < 1.29 is 9.53 Å². The zero-order valence-electron chi connectivity index (χ0n) is 19.7. The van der Waals surface area contributed by atoms with Crippen LogP contribution in [0.3, 0.4) is 0 Å². The standard InChI is InChI=1S/C26H37N3O2/c1-6-27-17-24(18-28(27)7-2)29(21(5)30)25-15-11-14-23(16-20(3)4)26(25)31-19-22-12-9-8-10-13-22/h8-15,20,24H,6-7,16-19H2,1-5H3. The maximum Gasteiger partial charge on any atom is 0.224 e. The molecule has 0 bridgehead atoms. The largest absolute Gasteiger partial charge is 0.486 e. The third kappa shape index (κ3) is 5.66. The topological polar surface area (TPSA) is 36.0 Å². The Kier molecular flexibility index (Phi) is 8.10. The van der Waals surface area contributed by atoms with E-state index < -0.39 is 0 Å². The molecule has 1 fully saturated rings. The lowest BCUT2D eigenvalue weighted by Crippen LogP contribution is -2.43. The van der Waals surface area contributed by atoms with Gasteiger partial charge in [0.15, 0.2) is 0 Å². The van der Waals surface area contributed by atoms with Gasteiger partial charge in [0.1, 0.15) is 12.4 Å². The predicted molar refractivity (Wildman–Crippen MR) is 127 cm³/mol. The van der Waals surface area contributed by atoms with Gasteiger partial charge in [-0.25, -0.2) is 10.0 Å². The van der Waals surface area contributed by atoms with Crippen LogP contribution in [0.2, 0.25) is 0 Å². The Morgan fingerprint density at radius 1 is 1.03 bits per heavy atom. The highest BCUT2D eigenvalue weighted by atomic mass is 16.5. The van der Waals surface area contributed by atoms with Crippen molar-refractivity contribution in [2.24, 2.45) is 5.92 Å². The van der Waals surface area contributed by atoms with E-state index in [0.717, 1.165) is 55.2 Å². The molecule has 1 aliphatic heterocycles. The van der Waals surface area contributed by atoms with Crippen molar-refractivity contribution in [1.82, 2.24) is 10.0 Å². The molecule has 0 unspecified atom stereocenters. The van der Waals surface area contributed by atoms with Crippen LogP contribution in [0.5, 0.6) is 5.75 Å². The molecule has 31 heavy (non-hydrogen) atoms. The van der Waals surface area contributed by atoms with Crippen molar-refractivity contribution >= 4 is 11.6 Å². The highest BCUT2D eigenvalue weighted by Crippen LogP contribution is 2.36. The van der Waals surface area contributed by atoms with E-state index in [1.54, 1.807) is 6.92 Å². The number of carbonyl (C=O) groups is 1. The third-order valence-electron chi connectivity index (χ3n) is 5.87. The number of amides is 1. The van der Waals surface area contributed by atoms with Crippen LogP contribution in [-0.2, 0) is 17.8 Å². The molecule has 2 aromatic carbocycles. The SMILES string of the molecule is CCN1CC(N(C(C)=O)c2cccc(CC(C)C)c2OCc2ccccc2)CN1CC. The summed E-state index contributed by atoms with van der Waals surface area (Å²) in [6.07, 6.45) is 0.913. The summed E-state index contributed by atoms with van der Waals surface area (Å²) in [6, 6.07) is 16.5. The van der Waals surface area contributed by atoms with Gasteiger partial charge >= 0.3 is 0 Å². The van der Waals surface area contributed by atoms with Crippen molar-refractivity contribution in [3.63, 3.8) is 0 Å². The molecule has 1 aliphatic rings. The minimum atomic E-state index is 0.0604. The number of hydrazine groups is 1. The fourth-order valence-corrected chi connectivity index (χ4v) is 4.48. The molecule has 5 heteroatoms. The Bertz CT molecular complexity index is 841. The summed E-state index contributed by atoms with van der Waals surface area (Å²) >= 11 is 0. The van der Waals surface area contributed by atoms with Crippen LogP contribution in [-0.4, -0.2) is 48.1 Å². The van der Waals surface area contributed by atoms with E-state index in [1.807, 2.05) is 29.2 Å². The lowest BCUT2D eigenvalue weighted by Gasteiger charge is -2.30. The van der Waals surface area contributed by atoms with E-state index >= 15 is 0 Å². The molecule has 5 nitrogen and oxygen atoms in total. The maximum absolute atomic E-state index is 12.9. The summed E-state index contributed by atoms with van der Waals surface area (Å²) in [7, 11) is 0. The van der Waals surface area contributed by atoms with Gasteiger partial charge in [0.25, 0.3) is 0 Å². The van der Waals surface area contributed by atoms with Gasteiger partial charge in [0.05, 0.1) is 11.7 Å². The normalized spacial score (nSPS) is 15.5. The summed E-state index contributed by atoms with van der Waals surface area (Å²) in [4.78, 5) is 14.9. The Morgan fingerprint density at radius 3 is 2.23 bits per heavy atom. The van der Waals surface area contributed by atoms with Gasteiger partial charge in [0.2, 0.25) is 5.91 Å². The Morgan fingerprint density at radius 2 is 1.68 bits per heavy atom. The molecule has 1 amide bonds. The zero-order valence-corrected chi connectivity index (χ0v) is 19.7. The van der Waals surface area contributed by atoms with Crippen LogP contribution in [0.1, 0.15) is 45.7 Å². The second kappa shape index (κ2) is 10.8. The maximum atomic E-state index is 12.9. The summed E-state index contributed by atoms with van der Waals surface area (Å²) < 4.78 is 6.43. The number of carbonyl (C=O) groups excluding carboxylic acids is 1. The molecule has 168 valence electrons. The van der Waals surface area contributed by atoms with Crippen LogP contribution in [0.15, 0.2) is 48.5 Å². The third-order valence-corrected chi connectivity index (χ3v) is 5.87. The number of para-hydroxylation sites is 1. The number of anilines is 1. The van der Waals surface area contributed by atoms with Crippen LogP contribution in [0.4, 0.5) is 5.69 Å². The van der Waals surface area contributed by atoms with E-state index in [9.17, 15) is 4.79 Å². The van der Waals surface area contributed by atoms with Gasteiger partial charge in [-0.1, -0.05) is 70.2 Å². The first-order valence-corrected chi connectivity index (χ1v) is 11.5. The van der Waals surface area contributed by atoms with E-state index in [2.05, 4.69) is 62.0 Å². The molecule has 1 heterocycles. The molecule has 0 saturated carbocycles. The molecule has 0 N–H and O–H groups in total. The van der Waals surface area contributed by atoms with Crippen molar-refractivity contribution in [3.8, 4) is 5.75 Å². The summed E-state index contributed by atoms with van der Waals surface area (Å²) in [5.41, 5.74) is 3.17. The van der Waals surface area contributed by atoms with Gasteiger partial charge in [-0.05, 0) is 29.5 Å². The van der Waals surface area contributed by atoms with E-state index in [0.29, 0.717) is 12.5 Å². The van der Waals surface area contributed by atoms with Crippen LogP contribution in [0.25, 0.3) is 0 Å². The number of benzene rings is 2. The number of rotatable bonds is 9. The fraction of sp³-hybridized carbons (Fsp3) is 0.500. The molecule has 0 atom stereocenters. The average Bonchev–Trinajstić information content (AvgIpc) is 3.16. The molecule has 0 radical (unpaired) electrons. The van der Waals surface area contributed by atoms with Crippen molar-refractivity contribution in [3.05, 3.63) is 59.7 Å². The van der Waals surface area contributed by atoms with Gasteiger partial charge in [-0.3, -0.25) is 4.79 Å². The number of ether oxygens (including phenoxy) is 1. The molecule has 0 aliphatic carbocycles.